The van der Waals surface area contributed by atoms with Crippen molar-refractivity contribution in [3.8, 4) is 5.69 Å². The molecule has 12 heteroatoms. The molecule has 2 rings (SSSR count). The lowest BCUT2D eigenvalue weighted by Crippen LogP contribution is -2.42. The molecule has 134 valence electrons. The number of hydrogen-bond donors (Lipinski definition) is 0. The molecule has 0 saturated carbocycles. The summed E-state index contributed by atoms with van der Waals surface area (Å²) < 4.78 is 66.5. The average molecular weight is 365 g/mol. The van der Waals surface area contributed by atoms with Gasteiger partial charge in [0.1, 0.15) is 5.69 Å². The molecule has 25 heavy (non-hydrogen) atoms. The first-order valence-electron chi connectivity index (χ1n) is 6.57. The molecule has 0 atom stereocenters. The van der Waals surface area contributed by atoms with E-state index >= 15 is 0 Å². The smallest absolute Gasteiger partial charge is 0.289 e. The van der Waals surface area contributed by atoms with Crippen LogP contribution in [0.2, 0.25) is 0 Å². The van der Waals surface area contributed by atoms with Crippen LogP contribution in [0.25, 0.3) is 5.69 Å². The number of benzene rings is 1. The van der Waals surface area contributed by atoms with E-state index in [4.69, 9.17) is 0 Å². The summed E-state index contributed by atoms with van der Waals surface area (Å²) in [6.45, 7) is 0.670. The van der Waals surface area contributed by atoms with Gasteiger partial charge in [0.15, 0.2) is 5.82 Å². The van der Waals surface area contributed by atoms with Crippen molar-refractivity contribution in [2.24, 2.45) is 0 Å². The highest BCUT2D eigenvalue weighted by Crippen LogP contribution is 2.28. The zero-order valence-electron chi connectivity index (χ0n) is 12.3. The predicted molar refractivity (Wildman–Crippen MR) is 73.5 cm³/mol. The predicted octanol–water partition coefficient (Wildman–Crippen LogP) is 2.22. The monoisotopic (exact) mass is 365 g/mol. The van der Waals surface area contributed by atoms with Crippen LogP contribution in [0, 0.1) is 21.7 Å². The maximum atomic E-state index is 14.0. The fourth-order valence-electron chi connectivity index (χ4n) is 2.18. The summed E-state index contributed by atoms with van der Waals surface area (Å²) in [6.07, 6.45) is -5.02. The second kappa shape index (κ2) is 6.11. The SMILES string of the molecule is CCn1c(C(F)(F)F)cc(=O)n(-c2cc(F)c([N+](=O)[O-])cc2F)c1=O. The fourth-order valence-corrected chi connectivity index (χ4v) is 2.18. The highest BCUT2D eigenvalue weighted by Gasteiger charge is 2.36. The summed E-state index contributed by atoms with van der Waals surface area (Å²) in [4.78, 5) is 33.4. The summed E-state index contributed by atoms with van der Waals surface area (Å²) in [5.74, 6) is -3.08. The lowest BCUT2D eigenvalue weighted by Gasteiger charge is -2.16. The number of alkyl halides is 3. The molecule has 1 aromatic heterocycles. The molecule has 0 N–H and O–H groups in total. The first-order chi connectivity index (χ1) is 11.5. The van der Waals surface area contributed by atoms with E-state index in [1.807, 2.05) is 0 Å². The lowest BCUT2D eigenvalue weighted by atomic mass is 10.2. The van der Waals surface area contributed by atoms with E-state index in [1.54, 1.807) is 0 Å². The van der Waals surface area contributed by atoms with E-state index in [0.717, 1.165) is 0 Å². The van der Waals surface area contributed by atoms with Gasteiger partial charge in [-0.3, -0.25) is 19.5 Å². The Labute approximate surface area is 134 Å². The van der Waals surface area contributed by atoms with Gasteiger partial charge >= 0.3 is 17.6 Å². The molecule has 0 amide bonds. The molecule has 7 nitrogen and oxygen atoms in total. The molecular weight excluding hydrogens is 357 g/mol. The second-order valence-corrected chi connectivity index (χ2v) is 4.74. The van der Waals surface area contributed by atoms with Crippen molar-refractivity contribution in [3.63, 3.8) is 0 Å². The van der Waals surface area contributed by atoms with Crippen molar-refractivity contribution in [1.82, 2.24) is 9.13 Å². The largest absolute Gasteiger partial charge is 0.431 e. The number of rotatable bonds is 3. The minimum atomic E-state index is -5.02. The third-order valence-electron chi connectivity index (χ3n) is 3.25. The Morgan fingerprint density at radius 2 is 1.72 bits per heavy atom. The van der Waals surface area contributed by atoms with Gasteiger partial charge in [-0.1, -0.05) is 0 Å². The molecule has 0 radical (unpaired) electrons. The van der Waals surface area contributed by atoms with E-state index < -0.39 is 57.6 Å². The normalized spacial score (nSPS) is 11.6. The van der Waals surface area contributed by atoms with Gasteiger partial charge in [0.25, 0.3) is 5.56 Å². The van der Waals surface area contributed by atoms with Crippen LogP contribution in [-0.2, 0) is 12.7 Å². The van der Waals surface area contributed by atoms with Gasteiger partial charge in [0.2, 0.25) is 5.82 Å². The van der Waals surface area contributed by atoms with Gasteiger partial charge in [-0.2, -0.15) is 17.6 Å². The summed E-state index contributed by atoms with van der Waals surface area (Å²) in [6, 6.07) is 0.387. The minimum Gasteiger partial charge on any atom is -0.289 e. The van der Waals surface area contributed by atoms with Gasteiger partial charge in [-0.25, -0.2) is 13.8 Å². The van der Waals surface area contributed by atoms with Gasteiger partial charge in [-0.05, 0) is 6.92 Å². The van der Waals surface area contributed by atoms with Gasteiger partial charge in [0, 0.05) is 18.7 Å². The quantitative estimate of drug-likeness (QED) is 0.474. The molecule has 0 fully saturated rings. The zero-order valence-corrected chi connectivity index (χ0v) is 12.3. The number of nitro groups is 1. The van der Waals surface area contributed by atoms with Crippen molar-refractivity contribution >= 4 is 5.69 Å². The molecule has 0 unspecified atom stereocenters. The van der Waals surface area contributed by atoms with Crippen molar-refractivity contribution < 1.29 is 26.9 Å². The van der Waals surface area contributed by atoms with Crippen LogP contribution in [0.1, 0.15) is 12.6 Å². The average Bonchev–Trinajstić information content (AvgIpc) is 2.48. The van der Waals surface area contributed by atoms with E-state index in [9.17, 15) is 41.7 Å². The van der Waals surface area contributed by atoms with Crippen LogP contribution in [0.3, 0.4) is 0 Å². The van der Waals surface area contributed by atoms with Gasteiger partial charge in [0.05, 0.1) is 16.7 Å². The summed E-state index contributed by atoms with van der Waals surface area (Å²) >= 11 is 0. The van der Waals surface area contributed by atoms with Gasteiger partial charge < -0.3 is 0 Å². The highest BCUT2D eigenvalue weighted by molar-refractivity contribution is 5.44. The van der Waals surface area contributed by atoms with Crippen molar-refractivity contribution in [2.75, 3.05) is 0 Å². The molecule has 0 spiro atoms. The van der Waals surface area contributed by atoms with E-state index in [0.29, 0.717) is 0 Å². The summed E-state index contributed by atoms with van der Waals surface area (Å²) in [5.41, 5.74) is -6.96. The van der Waals surface area contributed by atoms with E-state index in [1.165, 1.54) is 6.92 Å². The number of hydrogen-bond acceptors (Lipinski definition) is 4. The van der Waals surface area contributed by atoms with Crippen LogP contribution in [-0.4, -0.2) is 14.1 Å². The highest BCUT2D eigenvalue weighted by atomic mass is 19.4. The van der Waals surface area contributed by atoms with Crippen molar-refractivity contribution in [1.29, 1.82) is 0 Å². The first kappa shape index (κ1) is 18.3. The first-order valence-corrected chi connectivity index (χ1v) is 6.57. The third kappa shape index (κ3) is 3.14. The van der Waals surface area contributed by atoms with Crippen molar-refractivity contribution in [2.45, 2.75) is 19.6 Å². The molecule has 0 bridgehead atoms. The summed E-state index contributed by atoms with van der Waals surface area (Å²) in [7, 11) is 0. The van der Waals surface area contributed by atoms with Crippen LogP contribution < -0.4 is 11.2 Å². The lowest BCUT2D eigenvalue weighted by molar-refractivity contribution is -0.387. The Morgan fingerprint density at radius 1 is 1.12 bits per heavy atom. The number of nitro benzene ring substituents is 1. The maximum Gasteiger partial charge on any atom is 0.431 e. The van der Waals surface area contributed by atoms with Crippen LogP contribution >= 0.6 is 0 Å². The molecular formula is C13H8F5N3O4. The second-order valence-electron chi connectivity index (χ2n) is 4.74. The van der Waals surface area contributed by atoms with E-state index in [-0.39, 0.29) is 27.3 Å². The van der Waals surface area contributed by atoms with Crippen LogP contribution in [0.5, 0.6) is 0 Å². The fraction of sp³-hybridized carbons (Fsp3) is 0.231. The molecule has 0 saturated heterocycles. The topological polar surface area (TPSA) is 87.1 Å². The Bertz CT molecular complexity index is 977. The number of halogens is 5. The van der Waals surface area contributed by atoms with Crippen LogP contribution in [0.15, 0.2) is 27.8 Å². The number of aromatic nitrogens is 2. The Morgan fingerprint density at radius 3 is 2.20 bits per heavy atom. The molecule has 0 aliphatic rings. The molecule has 0 aliphatic heterocycles. The minimum absolute atomic E-state index is 0.0269. The van der Waals surface area contributed by atoms with Crippen molar-refractivity contribution in [3.05, 3.63) is 66.5 Å². The Kier molecular flexibility index (Phi) is 4.47. The Balaban J connectivity index is 2.87. The maximum absolute atomic E-state index is 14.0. The molecule has 2 aromatic rings. The molecule has 1 heterocycles. The standard InChI is InChI=1S/C13H8F5N3O4/c1-2-19-10(13(16,17)18)5-11(22)20(12(19)23)8-3-7(15)9(21(24)25)4-6(8)14/h3-5H,2H2,1H3. The van der Waals surface area contributed by atoms with E-state index in [2.05, 4.69) is 0 Å². The number of nitrogens with zero attached hydrogens (tertiary/aromatic N) is 3. The summed E-state index contributed by atoms with van der Waals surface area (Å²) in [5, 5.41) is 10.6. The third-order valence-corrected chi connectivity index (χ3v) is 3.25. The molecule has 1 aromatic carbocycles. The van der Waals surface area contributed by atoms with Crippen LogP contribution in [0.4, 0.5) is 27.6 Å². The van der Waals surface area contributed by atoms with Gasteiger partial charge in [-0.15, -0.1) is 0 Å². The zero-order chi connectivity index (χ0) is 19.1. The Hall–Kier alpha value is -3.05. The molecule has 0 aliphatic carbocycles.